The number of rotatable bonds is 6. The molecule has 0 bridgehead atoms. The predicted molar refractivity (Wildman–Crippen MR) is 147 cm³/mol. The van der Waals surface area contributed by atoms with Gasteiger partial charge in [-0.15, -0.1) is 0 Å². The maximum Gasteiger partial charge on any atom is 0.223 e. The quantitative estimate of drug-likeness (QED) is 0.516. The zero-order chi connectivity index (χ0) is 26.8. The van der Waals surface area contributed by atoms with E-state index in [9.17, 15) is 14.4 Å². The molecule has 0 radical (unpaired) electrons. The van der Waals surface area contributed by atoms with Crippen LogP contribution in [0.4, 0.5) is 0 Å². The van der Waals surface area contributed by atoms with Crippen LogP contribution in [0.3, 0.4) is 0 Å². The van der Waals surface area contributed by atoms with Gasteiger partial charge in [-0.1, -0.05) is 24.3 Å². The first kappa shape index (κ1) is 25.9. The Labute approximate surface area is 230 Å². The molecule has 3 heterocycles. The molecule has 2 saturated heterocycles. The van der Waals surface area contributed by atoms with Gasteiger partial charge in [0.1, 0.15) is 0 Å². The molecule has 6 rings (SSSR count). The number of hydrogen-bond acceptors (Lipinski definition) is 5. The zero-order valence-electron chi connectivity index (χ0n) is 22.7. The summed E-state index contributed by atoms with van der Waals surface area (Å²) in [6, 6.07) is 13.8. The molecule has 2 aromatic rings. The van der Waals surface area contributed by atoms with Gasteiger partial charge in [-0.05, 0) is 72.8 Å². The van der Waals surface area contributed by atoms with Crippen LogP contribution in [-0.4, -0.2) is 66.8 Å². The number of hydrogen-bond donors (Lipinski definition) is 0. The lowest BCUT2D eigenvalue weighted by molar-refractivity contribution is -0.135. The van der Waals surface area contributed by atoms with E-state index < -0.39 is 0 Å². The summed E-state index contributed by atoms with van der Waals surface area (Å²) in [5.74, 6) is 1.96. The lowest BCUT2D eigenvalue weighted by Crippen LogP contribution is -2.45. The van der Waals surface area contributed by atoms with Gasteiger partial charge >= 0.3 is 0 Å². The van der Waals surface area contributed by atoms with Crippen LogP contribution < -0.4 is 9.47 Å². The molecule has 0 atom stereocenters. The standard InChI is InChI=1S/C32H38N2O5/c35-27(26-6-8-28-29(21-26)39-17-3-16-38-28)7-9-30(36)34-15-12-32(22-34)10-13-33(14-11-32)31(37)20-23-18-24-4-1-2-5-25(24)19-23/h1-2,4-6,8,21,23H,3,7,9-20,22H2. The topological polar surface area (TPSA) is 76.2 Å². The summed E-state index contributed by atoms with van der Waals surface area (Å²) in [6.45, 7) is 4.22. The average molecular weight is 531 g/mol. The number of piperidine rings is 1. The van der Waals surface area contributed by atoms with E-state index in [1.807, 2.05) is 9.80 Å². The number of ketones is 1. The summed E-state index contributed by atoms with van der Waals surface area (Å²) in [5.41, 5.74) is 3.46. The van der Waals surface area contributed by atoms with Crippen molar-refractivity contribution >= 4 is 17.6 Å². The summed E-state index contributed by atoms with van der Waals surface area (Å²) in [7, 11) is 0. The first-order valence-corrected chi connectivity index (χ1v) is 14.5. The number of nitrogens with zero attached hydrogens (tertiary/aromatic N) is 2. The highest BCUT2D eigenvalue weighted by molar-refractivity contribution is 5.98. The maximum absolute atomic E-state index is 13.1. The summed E-state index contributed by atoms with van der Waals surface area (Å²) in [4.78, 5) is 42.9. The maximum atomic E-state index is 13.1. The van der Waals surface area contributed by atoms with E-state index in [1.165, 1.54) is 11.1 Å². The summed E-state index contributed by atoms with van der Waals surface area (Å²) in [5, 5.41) is 0. The van der Waals surface area contributed by atoms with Crippen molar-refractivity contribution in [2.24, 2.45) is 11.3 Å². The van der Waals surface area contributed by atoms with Crippen molar-refractivity contribution in [3.05, 3.63) is 59.2 Å². The van der Waals surface area contributed by atoms with E-state index >= 15 is 0 Å². The third-order valence-electron chi connectivity index (χ3n) is 9.20. The fourth-order valence-corrected chi connectivity index (χ4v) is 6.82. The monoisotopic (exact) mass is 530 g/mol. The molecular weight excluding hydrogens is 492 g/mol. The lowest BCUT2D eigenvalue weighted by atomic mass is 9.77. The van der Waals surface area contributed by atoms with Crippen molar-refractivity contribution in [2.45, 2.75) is 57.8 Å². The van der Waals surface area contributed by atoms with Crippen molar-refractivity contribution in [3.8, 4) is 11.5 Å². The molecular formula is C32H38N2O5. The Balaban J connectivity index is 0.952. The van der Waals surface area contributed by atoms with Gasteiger partial charge in [-0.25, -0.2) is 0 Å². The minimum absolute atomic E-state index is 0.0499. The number of likely N-dealkylation sites (tertiary alicyclic amines) is 2. The fraction of sp³-hybridized carbons (Fsp3) is 0.531. The Hall–Kier alpha value is -3.35. The van der Waals surface area contributed by atoms with Crippen LogP contribution in [0.2, 0.25) is 0 Å². The first-order valence-electron chi connectivity index (χ1n) is 14.5. The molecule has 0 unspecified atom stereocenters. The molecule has 3 aliphatic heterocycles. The van der Waals surface area contributed by atoms with Gasteiger partial charge in [0.2, 0.25) is 11.8 Å². The fourth-order valence-electron chi connectivity index (χ4n) is 6.82. The molecule has 0 aromatic heterocycles. The lowest BCUT2D eigenvalue weighted by Gasteiger charge is -2.39. The smallest absolute Gasteiger partial charge is 0.223 e. The van der Waals surface area contributed by atoms with Crippen molar-refractivity contribution < 1.29 is 23.9 Å². The molecule has 1 aliphatic carbocycles. The van der Waals surface area contributed by atoms with Gasteiger partial charge in [0.15, 0.2) is 17.3 Å². The number of ether oxygens (including phenoxy) is 2. The van der Waals surface area contributed by atoms with Gasteiger partial charge < -0.3 is 19.3 Å². The minimum atomic E-state index is -0.0508. The molecule has 206 valence electrons. The van der Waals surface area contributed by atoms with Gasteiger partial charge in [-0.2, -0.15) is 0 Å². The van der Waals surface area contributed by atoms with Crippen molar-refractivity contribution in [1.29, 1.82) is 0 Å². The van der Waals surface area contributed by atoms with Crippen molar-refractivity contribution in [1.82, 2.24) is 9.80 Å². The third-order valence-corrected chi connectivity index (χ3v) is 9.20. The van der Waals surface area contributed by atoms with Crippen LogP contribution in [0.15, 0.2) is 42.5 Å². The molecule has 39 heavy (non-hydrogen) atoms. The van der Waals surface area contributed by atoms with Crippen LogP contribution in [0, 0.1) is 11.3 Å². The van der Waals surface area contributed by atoms with Crippen LogP contribution in [0.1, 0.15) is 66.4 Å². The normalized spacial score (nSPS) is 20.1. The molecule has 2 amide bonds. The van der Waals surface area contributed by atoms with E-state index in [0.29, 0.717) is 42.6 Å². The Morgan fingerprint density at radius 1 is 0.795 bits per heavy atom. The van der Waals surface area contributed by atoms with E-state index in [2.05, 4.69) is 24.3 Å². The van der Waals surface area contributed by atoms with Crippen LogP contribution in [0.25, 0.3) is 0 Å². The predicted octanol–water partition coefficient (Wildman–Crippen LogP) is 4.46. The van der Waals surface area contributed by atoms with Gasteiger partial charge in [0, 0.05) is 57.4 Å². The number of amides is 2. The molecule has 7 nitrogen and oxygen atoms in total. The Kier molecular flexibility index (Phi) is 7.32. The molecule has 2 aromatic carbocycles. The number of benzene rings is 2. The number of fused-ring (bicyclic) bond motifs is 2. The Bertz CT molecular complexity index is 1220. The van der Waals surface area contributed by atoms with E-state index in [4.69, 9.17) is 9.47 Å². The largest absolute Gasteiger partial charge is 0.490 e. The Morgan fingerprint density at radius 2 is 1.46 bits per heavy atom. The number of Topliss-reactive ketones (excluding diaryl/α,β-unsaturated/α-hetero) is 1. The molecule has 1 spiro atoms. The number of carbonyl (C=O) groups is 3. The van der Waals surface area contributed by atoms with Gasteiger partial charge in [0.05, 0.1) is 13.2 Å². The summed E-state index contributed by atoms with van der Waals surface area (Å²) >= 11 is 0. The first-order chi connectivity index (χ1) is 19.0. The number of carbonyl (C=O) groups excluding carboxylic acids is 3. The second-order valence-corrected chi connectivity index (χ2v) is 11.8. The second kappa shape index (κ2) is 11.0. The van der Waals surface area contributed by atoms with Crippen molar-refractivity contribution in [3.63, 3.8) is 0 Å². The van der Waals surface area contributed by atoms with Gasteiger partial charge in [0.25, 0.3) is 0 Å². The van der Waals surface area contributed by atoms with Gasteiger partial charge in [-0.3, -0.25) is 14.4 Å². The van der Waals surface area contributed by atoms with Crippen molar-refractivity contribution in [2.75, 3.05) is 39.4 Å². The minimum Gasteiger partial charge on any atom is -0.490 e. The van der Waals surface area contributed by atoms with Crippen LogP contribution in [-0.2, 0) is 22.4 Å². The second-order valence-electron chi connectivity index (χ2n) is 11.8. The van der Waals surface area contributed by atoms with Crippen LogP contribution in [0.5, 0.6) is 11.5 Å². The van der Waals surface area contributed by atoms with E-state index in [0.717, 1.165) is 64.7 Å². The zero-order valence-corrected chi connectivity index (χ0v) is 22.7. The Morgan fingerprint density at radius 3 is 2.18 bits per heavy atom. The van der Waals surface area contributed by atoms with E-state index in [1.54, 1.807) is 18.2 Å². The highest BCUT2D eigenvalue weighted by Crippen LogP contribution is 2.41. The molecule has 2 fully saturated rings. The molecule has 7 heteroatoms. The van der Waals surface area contributed by atoms with Crippen LogP contribution >= 0.6 is 0 Å². The van der Waals surface area contributed by atoms with E-state index in [-0.39, 0.29) is 35.9 Å². The summed E-state index contributed by atoms with van der Waals surface area (Å²) < 4.78 is 11.3. The molecule has 4 aliphatic rings. The summed E-state index contributed by atoms with van der Waals surface area (Å²) in [6.07, 6.45) is 6.74. The highest BCUT2D eigenvalue weighted by Gasteiger charge is 2.42. The molecule has 0 saturated carbocycles. The third kappa shape index (κ3) is 5.68. The average Bonchev–Trinajstić information content (AvgIpc) is 3.47. The SMILES string of the molecule is O=C(CCC(=O)N1CCC2(CCN(C(=O)CC3Cc4ccccc4C3)CC2)C1)c1ccc2c(c1)OCCCO2. The highest BCUT2D eigenvalue weighted by atomic mass is 16.5. The molecule has 0 N–H and O–H groups in total.